The maximum atomic E-state index is 13.5. The van der Waals surface area contributed by atoms with E-state index in [0.717, 1.165) is 8.61 Å². The normalized spacial score (nSPS) is 17.4. The van der Waals surface area contributed by atoms with E-state index in [1.54, 1.807) is 60.7 Å². The van der Waals surface area contributed by atoms with Gasteiger partial charge in [-0.3, -0.25) is 4.79 Å². The third-order valence-corrected chi connectivity index (χ3v) is 9.77. The molecule has 1 atom stereocenters. The number of hydrogen-bond donors (Lipinski definition) is 1. The fraction of sp³-hybridized carbons (Fsp3) is 0.240. The highest BCUT2D eigenvalue weighted by molar-refractivity contribution is 7.89. The molecule has 0 aliphatic carbocycles. The van der Waals surface area contributed by atoms with Crippen LogP contribution in [0.5, 0.6) is 5.75 Å². The molecular weight excluding hydrogens is 502 g/mol. The zero-order valence-electron chi connectivity index (χ0n) is 19.6. The minimum Gasteiger partial charge on any atom is -0.496 e. The van der Waals surface area contributed by atoms with Crippen molar-refractivity contribution in [3.63, 3.8) is 0 Å². The van der Waals surface area contributed by atoms with Gasteiger partial charge in [-0.25, -0.2) is 16.8 Å². The Bertz CT molecular complexity index is 1410. The molecule has 4 rings (SSSR count). The SMILES string of the molecule is COc1ccccc1CNC(=O)[C@H]1CN(S(=O)(=O)c2ccccc2)CCN1S(=O)(=O)c1ccccc1. The summed E-state index contributed by atoms with van der Waals surface area (Å²) in [6, 6.07) is 21.5. The second kappa shape index (κ2) is 10.8. The number of carbonyl (C=O) groups is 1. The Morgan fingerprint density at radius 3 is 2.00 bits per heavy atom. The molecule has 1 heterocycles. The molecule has 9 nitrogen and oxygen atoms in total. The fourth-order valence-corrected chi connectivity index (χ4v) is 7.13. The Labute approximate surface area is 211 Å². The molecule has 1 amide bonds. The van der Waals surface area contributed by atoms with E-state index in [4.69, 9.17) is 4.74 Å². The summed E-state index contributed by atoms with van der Waals surface area (Å²) in [5.41, 5.74) is 0.704. The predicted octanol–water partition coefficient (Wildman–Crippen LogP) is 2.08. The average Bonchev–Trinajstić information content (AvgIpc) is 2.92. The number of amides is 1. The van der Waals surface area contributed by atoms with E-state index in [2.05, 4.69) is 5.32 Å². The lowest BCUT2D eigenvalue weighted by Gasteiger charge is -2.39. The molecule has 1 fully saturated rings. The van der Waals surface area contributed by atoms with E-state index in [1.165, 1.54) is 31.4 Å². The first-order valence-corrected chi connectivity index (χ1v) is 14.1. The van der Waals surface area contributed by atoms with E-state index < -0.39 is 32.0 Å². The molecule has 1 N–H and O–H groups in total. The van der Waals surface area contributed by atoms with Crippen LogP contribution in [0.2, 0.25) is 0 Å². The van der Waals surface area contributed by atoms with Crippen molar-refractivity contribution in [2.24, 2.45) is 0 Å². The Morgan fingerprint density at radius 2 is 1.39 bits per heavy atom. The number of nitrogens with one attached hydrogen (secondary N) is 1. The maximum Gasteiger partial charge on any atom is 0.243 e. The van der Waals surface area contributed by atoms with Gasteiger partial charge in [0, 0.05) is 31.7 Å². The molecule has 0 unspecified atom stereocenters. The minimum atomic E-state index is -4.06. The highest BCUT2D eigenvalue weighted by atomic mass is 32.2. The van der Waals surface area contributed by atoms with Crippen LogP contribution in [0.3, 0.4) is 0 Å². The molecule has 1 aliphatic rings. The Morgan fingerprint density at radius 1 is 0.833 bits per heavy atom. The summed E-state index contributed by atoms with van der Waals surface area (Å²) in [6.07, 6.45) is 0. The number of piperazine rings is 1. The summed E-state index contributed by atoms with van der Waals surface area (Å²) in [5, 5.41) is 2.76. The van der Waals surface area contributed by atoms with Gasteiger partial charge in [-0.1, -0.05) is 54.6 Å². The molecule has 0 spiro atoms. The summed E-state index contributed by atoms with van der Waals surface area (Å²) in [6.45, 7) is -0.485. The Kier molecular flexibility index (Phi) is 7.74. The number of nitrogens with zero attached hydrogens (tertiary/aromatic N) is 2. The van der Waals surface area contributed by atoms with Crippen LogP contribution in [0.4, 0.5) is 0 Å². The molecule has 1 aliphatic heterocycles. The Hall–Kier alpha value is -3.25. The Balaban J connectivity index is 1.64. The number of rotatable bonds is 8. The smallest absolute Gasteiger partial charge is 0.243 e. The standard InChI is InChI=1S/C25H27N3O6S2/c1-34-24-15-9-8-10-20(24)18-26-25(29)23-19-27(35(30,31)21-11-4-2-5-12-21)16-17-28(23)36(32,33)22-13-6-3-7-14-22/h2-15,23H,16-19H2,1H3,(H,26,29)/t23-/m1/s1. The number of sulfonamides is 2. The third-order valence-electron chi connectivity index (χ3n) is 5.97. The van der Waals surface area contributed by atoms with Gasteiger partial charge in [-0.05, 0) is 30.3 Å². The van der Waals surface area contributed by atoms with Crippen LogP contribution in [0.1, 0.15) is 5.56 Å². The van der Waals surface area contributed by atoms with Crippen molar-refractivity contribution in [2.75, 3.05) is 26.7 Å². The van der Waals surface area contributed by atoms with Crippen LogP contribution >= 0.6 is 0 Å². The monoisotopic (exact) mass is 529 g/mol. The molecule has 1 saturated heterocycles. The van der Waals surface area contributed by atoms with E-state index in [9.17, 15) is 21.6 Å². The highest BCUT2D eigenvalue weighted by Crippen LogP contribution is 2.26. The van der Waals surface area contributed by atoms with Gasteiger partial charge in [-0.15, -0.1) is 0 Å². The van der Waals surface area contributed by atoms with Gasteiger partial charge >= 0.3 is 0 Å². The summed E-state index contributed by atoms with van der Waals surface area (Å²) in [5.74, 6) is -0.0307. The topological polar surface area (TPSA) is 113 Å². The van der Waals surface area contributed by atoms with Gasteiger partial charge in [0.1, 0.15) is 11.8 Å². The van der Waals surface area contributed by atoms with Crippen LogP contribution in [-0.2, 0) is 31.4 Å². The molecule has 3 aromatic carbocycles. The fourth-order valence-electron chi connectivity index (χ4n) is 4.08. The largest absolute Gasteiger partial charge is 0.496 e. The molecule has 36 heavy (non-hydrogen) atoms. The molecular formula is C25H27N3O6S2. The zero-order chi connectivity index (χ0) is 25.8. The number of ether oxygens (including phenoxy) is 1. The van der Waals surface area contributed by atoms with Crippen molar-refractivity contribution in [3.05, 3.63) is 90.5 Å². The third kappa shape index (κ3) is 5.29. The average molecular weight is 530 g/mol. The van der Waals surface area contributed by atoms with Gasteiger partial charge in [0.15, 0.2) is 0 Å². The van der Waals surface area contributed by atoms with Crippen LogP contribution in [0.15, 0.2) is 94.7 Å². The van der Waals surface area contributed by atoms with E-state index >= 15 is 0 Å². The first-order chi connectivity index (χ1) is 17.2. The number of benzene rings is 3. The van der Waals surface area contributed by atoms with Crippen molar-refractivity contribution in [2.45, 2.75) is 22.4 Å². The van der Waals surface area contributed by atoms with Gasteiger partial charge in [0.05, 0.1) is 16.9 Å². The minimum absolute atomic E-state index is 0.0342. The lowest BCUT2D eigenvalue weighted by atomic mass is 10.2. The molecule has 190 valence electrons. The van der Waals surface area contributed by atoms with Gasteiger partial charge in [0.25, 0.3) is 0 Å². The summed E-state index contributed by atoms with van der Waals surface area (Å²) in [4.78, 5) is 13.5. The molecule has 0 bridgehead atoms. The second-order valence-electron chi connectivity index (χ2n) is 8.15. The van der Waals surface area contributed by atoms with Crippen LogP contribution in [0, 0.1) is 0 Å². The molecule has 0 radical (unpaired) electrons. The summed E-state index contributed by atoms with van der Waals surface area (Å²) in [7, 11) is -6.47. The summed E-state index contributed by atoms with van der Waals surface area (Å²) >= 11 is 0. The van der Waals surface area contributed by atoms with Gasteiger partial charge in [0.2, 0.25) is 26.0 Å². The number of methoxy groups -OCH3 is 1. The lowest BCUT2D eigenvalue weighted by Crippen LogP contribution is -2.61. The predicted molar refractivity (Wildman–Crippen MR) is 134 cm³/mol. The van der Waals surface area contributed by atoms with E-state index in [0.29, 0.717) is 11.3 Å². The quantitative estimate of drug-likeness (QED) is 0.478. The second-order valence-corrected chi connectivity index (χ2v) is 12.0. The molecule has 0 aromatic heterocycles. The first kappa shape index (κ1) is 25.8. The van der Waals surface area contributed by atoms with E-state index in [-0.39, 0.29) is 36.0 Å². The molecule has 0 saturated carbocycles. The van der Waals surface area contributed by atoms with Crippen molar-refractivity contribution < 1.29 is 26.4 Å². The number of carbonyl (C=O) groups excluding carboxylic acids is 1. The number of hydrogen-bond acceptors (Lipinski definition) is 6. The van der Waals surface area contributed by atoms with Crippen molar-refractivity contribution in [3.8, 4) is 5.75 Å². The van der Waals surface area contributed by atoms with Crippen molar-refractivity contribution in [1.82, 2.24) is 13.9 Å². The van der Waals surface area contributed by atoms with E-state index in [1.807, 2.05) is 0 Å². The van der Waals surface area contributed by atoms with Crippen LogP contribution in [-0.4, -0.2) is 64.1 Å². The van der Waals surface area contributed by atoms with Crippen molar-refractivity contribution >= 4 is 26.0 Å². The van der Waals surface area contributed by atoms with Crippen LogP contribution < -0.4 is 10.1 Å². The molecule has 3 aromatic rings. The maximum absolute atomic E-state index is 13.5. The van der Waals surface area contributed by atoms with Crippen LogP contribution in [0.25, 0.3) is 0 Å². The lowest BCUT2D eigenvalue weighted by molar-refractivity contribution is -0.126. The molecule has 11 heteroatoms. The van der Waals surface area contributed by atoms with Gasteiger partial charge < -0.3 is 10.1 Å². The summed E-state index contributed by atoms with van der Waals surface area (Å²) < 4.78 is 61.0. The highest BCUT2D eigenvalue weighted by Gasteiger charge is 2.43. The number of para-hydroxylation sites is 1. The van der Waals surface area contributed by atoms with Gasteiger partial charge in [-0.2, -0.15) is 8.61 Å². The van der Waals surface area contributed by atoms with Crippen molar-refractivity contribution in [1.29, 1.82) is 0 Å². The zero-order valence-corrected chi connectivity index (χ0v) is 21.3. The first-order valence-electron chi connectivity index (χ1n) is 11.3.